The first-order valence-corrected chi connectivity index (χ1v) is 6.18. The first-order valence-electron chi connectivity index (χ1n) is 6.18. The Kier molecular flexibility index (Phi) is 3.99. The molecule has 0 aliphatic heterocycles. The van der Waals surface area contributed by atoms with Crippen molar-refractivity contribution in [3.63, 3.8) is 0 Å². The third-order valence-corrected chi connectivity index (χ3v) is 2.97. The molecule has 0 fully saturated rings. The largest absolute Gasteiger partial charge is 0.380 e. The summed E-state index contributed by atoms with van der Waals surface area (Å²) in [5.74, 6) is 0.535. The predicted molar refractivity (Wildman–Crippen MR) is 73.3 cm³/mol. The number of rotatable bonds is 5. The highest BCUT2D eigenvalue weighted by molar-refractivity contribution is 5.65. The van der Waals surface area contributed by atoms with E-state index in [0.29, 0.717) is 19.2 Å². The van der Waals surface area contributed by atoms with Crippen LogP contribution >= 0.6 is 0 Å². The van der Waals surface area contributed by atoms with Crippen molar-refractivity contribution >= 4 is 5.95 Å². The first-order chi connectivity index (χ1) is 8.74. The fourth-order valence-corrected chi connectivity index (χ4v) is 2.00. The van der Waals surface area contributed by atoms with Crippen molar-refractivity contribution in [2.45, 2.75) is 20.4 Å². The fraction of sp³-hybridized carbons (Fsp3) is 0.357. The normalized spacial score (nSPS) is 10.8. The molecule has 18 heavy (non-hydrogen) atoms. The molecule has 0 spiro atoms. The maximum atomic E-state index is 5.91. The zero-order valence-corrected chi connectivity index (χ0v) is 10.9. The van der Waals surface area contributed by atoms with Gasteiger partial charge in [0.1, 0.15) is 0 Å². The van der Waals surface area contributed by atoms with Crippen molar-refractivity contribution in [1.29, 1.82) is 0 Å². The van der Waals surface area contributed by atoms with Gasteiger partial charge >= 0.3 is 0 Å². The summed E-state index contributed by atoms with van der Waals surface area (Å²) < 4.78 is 7.38. The maximum Gasteiger partial charge on any atom is 0.200 e. The summed E-state index contributed by atoms with van der Waals surface area (Å²) in [6.07, 6.45) is 1.82. The lowest BCUT2D eigenvalue weighted by Gasteiger charge is -2.11. The Morgan fingerprint density at radius 1 is 1.33 bits per heavy atom. The van der Waals surface area contributed by atoms with E-state index in [1.54, 1.807) is 0 Å². The standard InChI is InChI=1S/C14H19N3O/c1-3-18-9-8-17-13(10-16-14(17)15)12-7-5-4-6-11(12)2/h4-7,10H,3,8-9H2,1-2H3,(H2,15,16). The van der Waals surface area contributed by atoms with Gasteiger partial charge in [-0.3, -0.25) is 0 Å². The summed E-state index contributed by atoms with van der Waals surface area (Å²) >= 11 is 0. The topological polar surface area (TPSA) is 53.1 Å². The van der Waals surface area contributed by atoms with Crippen LogP contribution in [0.4, 0.5) is 5.95 Å². The molecule has 1 aromatic carbocycles. The molecule has 4 heteroatoms. The van der Waals surface area contributed by atoms with E-state index in [2.05, 4.69) is 24.0 Å². The summed E-state index contributed by atoms with van der Waals surface area (Å²) in [7, 11) is 0. The van der Waals surface area contributed by atoms with Crippen LogP contribution in [0.3, 0.4) is 0 Å². The number of nitrogens with two attached hydrogens (primary N) is 1. The highest BCUT2D eigenvalue weighted by atomic mass is 16.5. The van der Waals surface area contributed by atoms with Gasteiger partial charge in [-0.25, -0.2) is 4.98 Å². The van der Waals surface area contributed by atoms with Gasteiger partial charge in [0.25, 0.3) is 0 Å². The second kappa shape index (κ2) is 5.69. The third kappa shape index (κ3) is 2.54. The number of hydrogen-bond donors (Lipinski definition) is 1. The average molecular weight is 245 g/mol. The Morgan fingerprint density at radius 3 is 2.83 bits per heavy atom. The van der Waals surface area contributed by atoms with Gasteiger partial charge in [-0.2, -0.15) is 0 Å². The van der Waals surface area contributed by atoms with Crippen LogP contribution in [0.1, 0.15) is 12.5 Å². The highest BCUT2D eigenvalue weighted by Crippen LogP contribution is 2.24. The van der Waals surface area contributed by atoms with E-state index in [4.69, 9.17) is 10.5 Å². The van der Waals surface area contributed by atoms with Gasteiger partial charge in [0, 0.05) is 18.7 Å². The van der Waals surface area contributed by atoms with Gasteiger partial charge in [0.05, 0.1) is 18.5 Å². The molecule has 0 saturated heterocycles. The predicted octanol–water partition coefficient (Wildman–Crippen LogP) is 2.48. The molecule has 0 radical (unpaired) electrons. The zero-order chi connectivity index (χ0) is 13.0. The molecule has 0 saturated carbocycles. The lowest BCUT2D eigenvalue weighted by molar-refractivity contribution is 0.139. The summed E-state index contributed by atoms with van der Waals surface area (Å²) in [5, 5.41) is 0. The molecule has 0 aliphatic carbocycles. The second-order valence-electron chi connectivity index (χ2n) is 4.17. The number of aromatic nitrogens is 2. The Labute approximate surface area is 107 Å². The number of ether oxygens (including phenoxy) is 1. The van der Waals surface area contributed by atoms with Crippen molar-refractivity contribution < 1.29 is 4.74 Å². The molecule has 0 bridgehead atoms. The number of imidazole rings is 1. The van der Waals surface area contributed by atoms with Crippen LogP contribution in [0.2, 0.25) is 0 Å². The SMILES string of the molecule is CCOCCn1c(-c2ccccc2C)cnc1N. The molecule has 2 aromatic rings. The van der Waals surface area contributed by atoms with Gasteiger partial charge in [0.15, 0.2) is 0 Å². The van der Waals surface area contributed by atoms with Crippen molar-refractivity contribution in [1.82, 2.24) is 9.55 Å². The van der Waals surface area contributed by atoms with Gasteiger partial charge in [-0.15, -0.1) is 0 Å². The van der Waals surface area contributed by atoms with Gasteiger partial charge in [-0.1, -0.05) is 24.3 Å². The number of nitrogen functional groups attached to an aromatic ring is 1. The van der Waals surface area contributed by atoms with Crippen LogP contribution in [0.25, 0.3) is 11.3 Å². The maximum absolute atomic E-state index is 5.91. The van der Waals surface area contributed by atoms with Crippen molar-refractivity contribution in [3.8, 4) is 11.3 Å². The number of nitrogens with zero attached hydrogens (tertiary/aromatic N) is 2. The summed E-state index contributed by atoms with van der Waals surface area (Å²) in [5.41, 5.74) is 9.34. The highest BCUT2D eigenvalue weighted by Gasteiger charge is 2.10. The van der Waals surface area contributed by atoms with Crippen molar-refractivity contribution in [2.24, 2.45) is 0 Å². The molecule has 0 aliphatic rings. The molecule has 0 unspecified atom stereocenters. The number of aryl methyl sites for hydroxylation is 1. The third-order valence-electron chi connectivity index (χ3n) is 2.97. The first kappa shape index (κ1) is 12.6. The van der Waals surface area contributed by atoms with E-state index in [1.807, 2.05) is 29.8 Å². The van der Waals surface area contributed by atoms with E-state index >= 15 is 0 Å². The Bertz CT molecular complexity index is 520. The fourth-order valence-electron chi connectivity index (χ4n) is 2.00. The minimum atomic E-state index is 0.535. The molecular formula is C14H19N3O. The summed E-state index contributed by atoms with van der Waals surface area (Å²) in [6.45, 7) is 6.17. The van der Waals surface area contributed by atoms with Gasteiger partial charge in [0.2, 0.25) is 5.95 Å². The molecular weight excluding hydrogens is 226 g/mol. The molecule has 0 atom stereocenters. The molecule has 1 heterocycles. The molecule has 96 valence electrons. The molecule has 2 rings (SSSR count). The monoisotopic (exact) mass is 245 g/mol. The molecule has 0 amide bonds. The van der Waals surface area contributed by atoms with Crippen LogP contribution in [0, 0.1) is 6.92 Å². The lowest BCUT2D eigenvalue weighted by Crippen LogP contribution is -2.10. The van der Waals surface area contributed by atoms with Crippen LogP contribution in [0.15, 0.2) is 30.5 Å². The summed E-state index contributed by atoms with van der Waals surface area (Å²) in [6, 6.07) is 8.23. The van der Waals surface area contributed by atoms with Gasteiger partial charge < -0.3 is 15.0 Å². The molecule has 4 nitrogen and oxygen atoms in total. The number of benzene rings is 1. The smallest absolute Gasteiger partial charge is 0.200 e. The van der Waals surface area contributed by atoms with E-state index in [0.717, 1.165) is 17.8 Å². The minimum Gasteiger partial charge on any atom is -0.380 e. The second-order valence-corrected chi connectivity index (χ2v) is 4.17. The van der Waals surface area contributed by atoms with E-state index in [-0.39, 0.29) is 0 Å². The average Bonchev–Trinajstić information content (AvgIpc) is 2.72. The quantitative estimate of drug-likeness (QED) is 0.823. The van der Waals surface area contributed by atoms with E-state index in [1.165, 1.54) is 5.56 Å². The zero-order valence-electron chi connectivity index (χ0n) is 10.9. The number of anilines is 1. The minimum absolute atomic E-state index is 0.535. The number of hydrogen-bond acceptors (Lipinski definition) is 3. The van der Waals surface area contributed by atoms with Crippen LogP contribution in [0.5, 0.6) is 0 Å². The molecule has 2 N–H and O–H groups in total. The van der Waals surface area contributed by atoms with E-state index in [9.17, 15) is 0 Å². The van der Waals surface area contributed by atoms with Crippen LogP contribution in [-0.4, -0.2) is 22.8 Å². The Morgan fingerprint density at radius 2 is 2.11 bits per heavy atom. The molecule has 1 aromatic heterocycles. The van der Waals surface area contributed by atoms with Crippen LogP contribution in [-0.2, 0) is 11.3 Å². The van der Waals surface area contributed by atoms with Crippen molar-refractivity contribution in [3.05, 3.63) is 36.0 Å². The van der Waals surface area contributed by atoms with E-state index < -0.39 is 0 Å². The Hall–Kier alpha value is -1.81. The van der Waals surface area contributed by atoms with Crippen molar-refractivity contribution in [2.75, 3.05) is 18.9 Å². The Balaban J connectivity index is 2.31. The summed E-state index contributed by atoms with van der Waals surface area (Å²) in [4.78, 5) is 4.20. The van der Waals surface area contributed by atoms with Crippen LogP contribution < -0.4 is 5.73 Å². The van der Waals surface area contributed by atoms with Gasteiger partial charge in [-0.05, 0) is 19.4 Å². The lowest BCUT2D eigenvalue weighted by atomic mass is 10.1.